The Kier molecular flexibility index (Phi) is 4.95. The number of halogens is 8. The van der Waals surface area contributed by atoms with E-state index in [-0.39, 0.29) is 11.5 Å². The molecule has 0 bridgehead atoms. The molecule has 0 aliphatic carbocycles. The van der Waals surface area contributed by atoms with Gasteiger partial charge in [0.2, 0.25) is 0 Å². The molecule has 0 aromatic heterocycles. The van der Waals surface area contributed by atoms with Crippen LogP contribution in [0.5, 0.6) is 23.0 Å². The van der Waals surface area contributed by atoms with Crippen LogP contribution in [0.1, 0.15) is 0 Å². The third-order valence-corrected chi connectivity index (χ3v) is 2.49. The van der Waals surface area contributed by atoms with Crippen LogP contribution in [0.4, 0.5) is 35.1 Å². The fourth-order valence-corrected chi connectivity index (χ4v) is 1.64. The highest BCUT2D eigenvalue weighted by atomic mass is 19.4. The van der Waals surface area contributed by atoms with E-state index >= 15 is 0 Å². The maximum atomic E-state index is 13.5. The number of alkyl halides is 6. The van der Waals surface area contributed by atoms with Crippen molar-refractivity contribution in [3.05, 3.63) is 48.0 Å². The van der Waals surface area contributed by atoms with Gasteiger partial charge in [0, 0.05) is 12.1 Å². The van der Waals surface area contributed by atoms with E-state index in [9.17, 15) is 35.1 Å². The smallest absolute Gasteiger partial charge is 0.457 e. The Balaban J connectivity index is 2.14. The topological polar surface area (TPSA) is 27.7 Å². The van der Waals surface area contributed by atoms with Gasteiger partial charge in [-0.2, -0.15) is 0 Å². The zero-order valence-corrected chi connectivity index (χ0v) is 11.7. The predicted octanol–water partition coefficient (Wildman–Crippen LogP) is 5.55. The Morgan fingerprint density at radius 2 is 0.960 bits per heavy atom. The van der Waals surface area contributed by atoms with Crippen LogP contribution in [0, 0.1) is 11.6 Å². The maximum Gasteiger partial charge on any atom is 0.573 e. The first-order valence-corrected chi connectivity index (χ1v) is 6.21. The van der Waals surface area contributed by atoms with Gasteiger partial charge >= 0.3 is 12.7 Å². The van der Waals surface area contributed by atoms with Crippen LogP contribution in [0.25, 0.3) is 0 Å². The number of rotatable bonds is 4. The summed E-state index contributed by atoms with van der Waals surface area (Å²) in [6.45, 7) is 0. The van der Waals surface area contributed by atoms with Gasteiger partial charge in [0.05, 0.1) is 0 Å². The fraction of sp³-hybridized carbons (Fsp3) is 0.143. The lowest BCUT2D eigenvalue weighted by atomic mass is 10.3. The summed E-state index contributed by atoms with van der Waals surface area (Å²) in [5, 5.41) is 0. The first kappa shape index (κ1) is 18.6. The number of hydrogen-bond acceptors (Lipinski definition) is 3. The molecule has 0 aliphatic rings. The summed E-state index contributed by atoms with van der Waals surface area (Å²) in [4.78, 5) is 0. The van der Waals surface area contributed by atoms with Gasteiger partial charge in [-0.15, -0.1) is 26.3 Å². The molecule has 0 radical (unpaired) electrons. The van der Waals surface area contributed by atoms with E-state index in [1.165, 1.54) is 0 Å². The van der Waals surface area contributed by atoms with Crippen LogP contribution in [0.3, 0.4) is 0 Å². The average molecular weight is 374 g/mol. The molecule has 0 heterocycles. The second-order valence-corrected chi connectivity index (χ2v) is 4.38. The molecule has 0 N–H and O–H groups in total. The minimum atomic E-state index is -5.10. The molecule has 0 unspecified atom stereocenters. The fourth-order valence-electron chi connectivity index (χ4n) is 1.64. The van der Waals surface area contributed by atoms with E-state index in [2.05, 4.69) is 9.47 Å². The Morgan fingerprint density at radius 3 is 1.24 bits per heavy atom. The second-order valence-electron chi connectivity index (χ2n) is 4.38. The first-order valence-electron chi connectivity index (χ1n) is 6.21. The third-order valence-electron chi connectivity index (χ3n) is 2.49. The van der Waals surface area contributed by atoms with Gasteiger partial charge in [-0.1, -0.05) is 0 Å². The normalized spacial score (nSPS) is 12.0. The summed E-state index contributed by atoms with van der Waals surface area (Å²) in [5.74, 6) is -5.72. The minimum Gasteiger partial charge on any atom is -0.457 e. The first-order chi connectivity index (χ1) is 11.4. The number of hydrogen-bond donors (Lipinski definition) is 0. The molecular weight excluding hydrogens is 368 g/mol. The highest BCUT2D eigenvalue weighted by Crippen LogP contribution is 2.32. The molecule has 25 heavy (non-hydrogen) atoms. The molecule has 0 atom stereocenters. The van der Waals surface area contributed by atoms with E-state index in [1.54, 1.807) is 0 Å². The van der Waals surface area contributed by atoms with Crippen LogP contribution in [-0.4, -0.2) is 12.7 Å². The molecule has 136 valence electrons. The number of benzene rings is 2. The Hall–Kier alpha value is -2.72. The van der Waals surface area contributed by atoms with E-state index in [1.807, 2.05) is 0 Å². The standard InChI is InChI=1S/C14H6F8O3/c15-9-5-7(1-3-11(9)24-13(17,18)19)23-8-2-4-12(10(16)6-8)25-14(20,21)22/h1-6H. The van der Waals surface area contributed by atoms with Gasteiger partial charge in [-0.25, -0.2) is 8.78 Å². The molecule has 2 aromatic carbocycles. The Morgan fingerprint density at radius 1 is 0.600 bits per heavy atom. The van der Waals surface area contributed by atoms with Gasteiger partial charge in [0.15, 0.2) is 23.1 Å². The van der Waals surface area contributed by atoms with Gasteiger partial charge in [-0.05, 0) is 24.3 Å². The van der Waals surface area contributed by atoms with Crippen molar-refractivity contribution in [3.8, 4) is 23.0 Å². The third kappa shape index (κ3) is 5.69. The summed E-state index contributed by atoms with van der Waals surface area (Å²) >= 11 is 0. The van der Waals surface area contributed by atoms with Crippen LogP contribution in [-0.2, 0) is 0 Å². The molecule has 0 fully saturated rings. The van der Waals surface area contributed by atoms with Crippen molar-refractivity contribution in [2.24, 2.45) is 0 Å². The highest BCUT2D eigenvalue weighted by Gasteiger charge is 2.33. The zero-order valence-electron chi connectivity index (χ0n) is 11.7. The molecule has 0 saturated carbocycles. The second kappa shape index (κ2) is 6.65. The SMILES string of the molecule is Fc1cc(Oc2ccc(OC(F)(F)F)c(F)c2)ccc1OC(F)(F)F. The van der Waals surface area contributed by atoms with Gasteiger partial charge < -0.3 is 14.2 Å². The summed E-state index contributed by atoms with van der Waals surface area (Å²) in [6.07, 6.45) is -10.2. The summed E-state index contributed by atoms with van der Waals surface area (Å²) in [6, 6.07) is 4.08. The van der Waals surface area contributed by atoms with Crippen molar-refractivity contribution >= 4 is 0 Å². The lowest BCUT2D eigenvalue weighted by molar-refractivity contribution is -0.276. The number of ether oxygens (including phenoxy) is 3. The monoisotopic (exact) mass is 374 g/mol. The molecule has 2 rings (SSSR count). The highest BCUT2D eigenvalue weighted by molar-refractivity contribution is 5.39. The van der Waals surface area contributed by atoms with Gasteiger partial charge in [0.1, 0.15) is 11.5 Å². The molecule has 0 saturated heterocycles. The molecule has 0 aliphatic heterocycles. The predicted molar refractivity (Wildman–Crippen MR) is 66.2 cm³/mol. The molecular formula is C14H6F8O3. The van der Waals surface area contributed by atoms with E-state index in [4.69, 9.17) is 4.74 Å². The molecule has 0 spiro atoms. The van der Waals surface area contributed by atoms with Crippen molar-refractivity contribution in [3.63, 3.8) is 0 Å². The van der Waals surface area contributed by atoms with Crippen molar-refractivity contribution < 1.29 is 49.3 Å². The maximum absolute atomic E-state index is 13.5. The summed E-state index contributed by atoms with van der Waals surface area (Å²) < 4.78 is 111. The summed E-state index contributed by atoms with van der Waals surface area (Å²) in [5.41, 5.74) is 0. The van der Waals surface area contributed by atoms with E-state index in [0.29, 0.717) is 24.3 Å². The zero-order chi connectivity index (χ0) is 18.8. The Labute approximate surface area is 134 Å². The largest absolute Gasteiger partial charge is 0.573 e. The van der Waals surface area contributed by atoms with Gasteiger partial charge in [-0.3, -0.25) is 0 Å². The molecule has 2 aromatic rings. The lowest BCUT2D eigenvalue weighted by Crippen LogP contribution is -2.18. The lowest BCUT2D eigenvalue weighted by Gasteiger charge is -2.12. The average Bonchev–Trinajstić information content (AvgIpc) is 2.42. The Bertz CT molecular complexity index is 691. The van der Waals surface area contributed by atoms with Crippen molar-refractivity contribution in [1.29, 1.82) is 0 Å². The van der Waals surface area contributed by atoms with Crippen molar-refractivity contribution in [2.75, 3.05) is 0 Å². The van der Waals surface area contributed by atoms with Crippen molar-refractivity contribution in [1.82, 2.24) is 0 Å². The summed E-state index contributed by atoms with van der Waals surface area (Å²) in [7, 11) is 0. The van der Waals surface area contributed by atoms with Crippen molar-refractivity contribution in [2.45, 2.75) is 12.7 Å². The van der Waals surface area contributed by atoms with Gasteiger partial charge in [0.25, 0.3) is 0 Å². The van der Waals surface area contributed by atoms with Crippen LogP contribution < -0.4 is 14.2 Å². The molecule has 3 nitrogen and oxygen atoms in total. The minimum absolute atomic E-state index is 0.337. The van der Waals surface area contributed by atoms with Crippen LogP contribution >= 0.6 is 0 Å². The van der Waals surface area contributed by atoms with Crippen LogP contribution in [0.2, 0.25) is 0 Å². The quantitative estimate of drug-likeness (QED) is 0.657. The van der Waals surface area contributed by atoms with E-state index in [0.717, 1.165) is 12.1 Å². The molecule has 11 heteroatoms. The van der Waals surface area contributed by atoms with E-state index < -0.39 is 35.9 Å². The van der Waals surface area contributed by atoms with Crippen LogP contribution in [0.15, 0.2) is 36.4 Å². The molecule has 0 amide bonds.